The highest BCUT2D eigenvalue weighted by molar-refractivity contribution is 5.85. The molecule has 3 nitrogen and oxygen atoms in total. The number of Topliss-reactive ketones (excluding diaryl/α,β-unsaturated/α-hetero) is 1. The highest BCUT2D eigenvalue weighted by Crippen LogP contribution is 2.73. The lowest BCUT2D eigenvalue weighted by Crippen LogP contribution is -2.54. The molecule has 0 amide bonds. The average molecular weight is 457 g/mol. The van der Waals surface area contributed by atoms with Gasteiger partial charge >= 0.3 is 0 Å². The van der Waals surface area contributed by atoms with Crippen LogP contribution in [0.5, 0.6) is 0 Å². The third-order valence-corrected chi connectivity index (χ3v) is 12.2. The van der Waals surface area contributed by atoms with Gasteiger partial charge in [-0.2, -0.15) is 0 Å². The summed E-state index contributed by atoms with van der Waals surface area (Å²) in [5.74, 6) is 2.12. The molecule has 1 N–H and O–H groups in total. The van der Waals surface area contributed by atoms with Crippen molar-refractivity contribution in [2.75, 3.05) is 0 Å². The summed E-state index contributed by atoms with van der Waals surface area (Å²) in [6.07, 6.45) is 9.86. The second kappa shape index (κ2) is 7.19. The van der Waals surface area contributed by atoms with Gasteiger partial charge in [-0.1, -0.05) is 52.7 Å². The van der Waals surface area contributed by atoms with Crippen LogP contribution in [0.1, 0.15) is 113 Å². The summed E-state index contributed by atoms with van der Waals surface area (Å²) in [5, 5.41) is 10.8. The lowest BCUT2D eigenvalue weighted by molar-refractivity contribution is -0.139. The highest BCUT2D eigenvalue weighted by atomic mass is 16.5. The molecule has 0 radical (unpaired) electrons. The summed E-state index contributed by atoms with van der Waals surface area (Å²) in [7, 11) is 0. The molecule has 2 saturated carbocycles. The van der Waals surface area contributed by atoms with E-state index in [2.05, 4.69) is 41.5 Å². The second-order valence-electron chi connectivity index (χ2n) is 14.5. The summed E-state index contributed by atoms with van der Waals surface area (Å²) in [4.78, 5) is 12.9. The standard InChI is InChI=1S/C30H48O3/c1-18-9-12-24(27(4,5)32)33-21-17-30(8)20-10-11-22-26(2,3)23(31)14-15-28(22,6)19(20)13-16-29(30,7)25(18)21/h18,21-22,24-25,32H,9-17H2,1-8H3. The summed E-state index contributed by atoms with van der Waals surface area (Å²) in [6.45, 7) is 18.4. The Kier molecular flexibility index (Phi) is 5.24. The maximum absolute atomic E-state index is 12.9. The SMILES string of the molecule is CC1CCC(C(C)(C)O)OC2CC3(C)C4=C(CCC3(C)C12)C1(C)CCC(=O)C(C)(C)C1CC4. The molecule has 5 rings (SSSR count). The largest absolute Gasteiger partial charge is 0.388 e. The van der Waals surface area contributed by atoms with E-state index in [9.17, 15) is 9.90 Å². The van der Waals surface area contributed by atoms with Crippen molar-refractivity contribution >= 4 is 5.78 Å². The average Bonchev–Trinajstić information content (AvgIpc) is 2.81. The summed E-state index contributed by atoms with van der Waals surface area (Å²) < 4.78 is 6.83. The van der Waals surface area contributed by atoms with E-state index in [0.29, 0.717) is 23.5 Å². The molecule has 33 heavy (non-hydrogen) atoms. The number of allylic oxidation sites excluding steroid dienone is 2. The van der Waals surface area contributed by atoms with Gasteiger partial charge in [0.1, 0.15) is 5.78 Å². The van der Waals surface area contributed by atoms with Gasteiger partial charge in [-0.15, -0.1) is 0 Å². The first-order chi connectivity index (χ1) is 15.2. The van der Waals surface area contributed by atoms with E-state index < -0.39 is 5.60 Å². The Hall–Kier alpha value is -0.670. The number of fused-ring (bicyclic) bond motifs is 6. The summed E-state index contributed by atoms with van der Waals surface area (Å²) in [5.41, 5.74) is 3.04. The zero-order valence-electron chi connectivity index (χ0n) is 22.5. The van der Waals surface area contributed by atoms with Crippen LogP contribution in [0.15, 0.2) is 11.1 Å². The Bertz CT molecular complexity index is 877. The van der Waals surface area contributed by atoms with Crippen molar-refractivity contribution in [1.82, 2.24) is 0 Å². The molecule has 5 aliphatic rings. The number of carbonyl (C=O) groups excluding carboxylic acids is 1. The molecule has 8 atom stereocenters. The lowest BCUT2D eigenvalue weighted by Gasteiger charge is -2.60. The van der Waals surface area contributed by atoms with Crippen molar-refractivity contribution in [3.63, 3.8) is 0 Å². The van der Waals surface area contributed by atoms with Crippen LogP contribution in [0, 0.1) is 39.4 Å². The van der Waals surface area contributed by atoms with Crippen molar-refractivity contribution in [3.8, 4) is 0 Å². The van der Waals surface area contributed by atoms with Crippen LogP contribution in [0.2, 0.25) is 0 Å². The van der Waals surface area contributed by atoms with E-state index in [1.165, 1.54) is 12.8 Å². The van der Waals surface area contributed by atoms with E-state index in [1.54, 1.807) is 11.1 Å². The number of hydrogen-bond acceptors (Lipinski definition) is 3. The molecule has 0 aromatic carbocycles. The minimum absolute atomic E-state index is 0.0748. The van der Waals surface area contributed by atoms with Crippen molar-refractivity contribution in [3.05, 3.63) is 11.1 Å². The zero-order chi connectivity index (χ0) is 24.2. The maximum Gasteiger partial charge on any atom is 0.138 e. The molecular weight excluding hydrogens is 408 g/mol. The van der Waals surface area contributed by atoms with Crippen LogP contribution in [-0.4, -0.2) is 28.7 Å². The number of rotatable bonds is 1. The van der Waals surface area contributed by atoms with Gasteiger partial charge in [-0.3, -0.25) is 4.79 Å². The fourth-order valence-electron chi connectivity index (χ4n) is 10.1. The van der Waals surface area contributed by atoms with Crippen LogP contribution in [0.3, 0.4) is 0 Å². The third kappa shape index (κ3) is 3.09. The summed E-state index contributed by atoms with van der Waals surface area (Å²) in [6, 6.07) is 0. The van der Waals surface area contributed by atoms with E-state index in [-0.39, 0.29) is 33.9 Å². The minimum Gasteiger partial charge on any atom is -0.388 e. The van der Waals surface area contributed by atoms with Crippen molar-refractivity contribution in [2.45, 2.75) is 131 Å². The Balaban J connectivity index is 1.57. The van der Waals surface area contributed by atoms with Crippen molar-refractivity contribution in [1.29, 1.82) is 0 Å². The van der Waals surface area contributed by atoms with E-state index in [0.717, 1.165) is 44.9 Å². The first kappa shape index (κ1) is 24.0. The lowest BCUT2D eigenvalue weighted by atomic mass is 9.43. The van der Waals surface area contributed by atoms with Gasteiger partial charge in [0.2, 0.25) is 0 Å². The minimum atomic E-state index is -0.791. The summed E-state index contributed by atoms with van der Waals surface area (Å²) >= 11 is 0. The predicted molar refractivity (Wildman–Crippen MR) is 133 cm³/mol. The number of ether oxygens (including phenoxy) is 1. The monoisotopic (exact) mass is 456 g/mol. The fourth-order valence-corrected chi connectivity index (χ4v) is 10.1. The van der Waals surface area contributed by atoms with Crippen LogP contribution in [-0.2, 0) is 9.53 Å². The number of ketones is 1. The number of aliphatic hydroxyl groups is 1. The quantitative estimate of drug-likeness (QED) is 0.438. The fraction of sp³-hybridized carbons (Fsp3) is 0.900. The Morgan fingerprint density at radius 2 is 1.64 bits per heavy atom. The number of carbonyl (C=O) groups is 1. The second-order valence-corrected chi connectivity index (χ2v) is 14.5. The molecule has 4 aliphatic carbocycles. The molecule has 1 aliphatic heterocycles. The first-order valence-corrected chi connectivity index (χ1v) is 13.8. The van der Waals surface area contributed by atoms with Crippen LogP contribution < -0.4 is 0 Å². The molecule has 0 aromatic heterocycles. The number of hydrogen-bond donors (Lipinski definition) is 1. The normalized spacial score (nSPS) is 49.6. The molecule has 1 heterocycles. The van der Waals surface area contributed by atoms with Gasteiger partial charge in [0.05, 0.1) is 17.8 Å². The molecule has 186 valence electrons. The molecule has 1 saturated heterocycles. The van der Waals surface area contributed by atoms with Crippen molar-refractivity contribution < 1.29 is 14.6 Å². The molecule has 0 aromatic rings. The van der Waals surface area contributed by atoms with Gasteiger partial charge in [-0.05, 0) is 99.2 Å². The zero-order valence-corrected chi connectivity index (χ0v) is 22.5. The molecule has 3 heteroatoms. The molecule has 8 unspecified atom stereocenters. The van der Waals surface area contributed by atoms with E-state index in [1.807, 2.05) is 13.8 Å². The predicted octanol–water partition coefficient (Wildman–Crippen LogP) is 6.87. The molecule has 3 fully saturated rings. The van der Waals surface area contributed by atoms with E-state index >= 15 is 0 Å². The third-order valence-electron chi connectivity index (χ3n) is 12.2. The Morgan fingerprint density at radius 3 is 2.30 bits per heavy atom. The van der Waals surface area contributed by atoms with Crippen LogP contribution in [0.25, 0.3) is 0 Å². The smallest absolute Gasteiger partial charge is 0.138 e. The topological polar surface area (TPSA) is 46.5 Å². The Morgan fingerprint density at radius 1 is 0.939 bits per heavy atom. The van der Waals surface area contributed by atoms with Gasteiger partial charge in [0, 0.05) is 11.8 Å². The van der Waals surface area contributed by atoms with Crippen molar-refractivity contribution in [2.24, 2.45) is 39.4 Å². The van der Waals surface area contributed by atoms with Gasteiger partial charge in [-0.25, -0.2) is 0 Å². The molecular formula is C30H48O3. The molecule has 0 spiro atoms. The first-order valence-electron chi connectivity index (χ1n) is 13.8. The van der Waals surface area contributed by atoms with Crippen LogP contribution in [0.4, 0.5) is 0 Å². The maximum atomic E-state index is 12.9. The van der Waals surface area contributed by atoms with E-state index in [4.69, 9.17) is 4.74 Å². The Labute approximate surface area is 202 Å². The van der Waals surface area contributed by atoms with Gasteiger partial charge < -0.3 is 9.84 Å². The van der Waals surface area contributed by atoms with Gasteiger partial charge in [0.15, 0.2) is 0 Å². The van der Waals surface area contributed by atoms with Crippen LogP contribution >= 0.6 is 0 Å². The molecule has 0 bridgehead atoms. The van der Waals surface area contributed by atoms with Gasteiger partial charge in [0.25, 0.3) is 0 Å². The highest BCUT2D eigenvalue weighted by Gasteiger charge is 2.66.